The first kappa shape index (κ1) is 21.3. The highest BCUT2D eigenvalue weighted by Gasteiger charge is 2.27. The highest BCUT2D eigenvalue weighted by molar-refractivity contribution is 5.79. The topological polar surface area (TPSA) is 114 Å². The lowest BCUT2D eigenvalue weighted by Crippen LogP contribution is -2.43. The zero-order valence-electron chi connectivity index (χ0n) is 18.4. The van der Waals surface area contributed by atoms with Gasteiger partial charge in [-0.2, -0.15) is 5.10 Å². The summed E-state index contributed by atoms with van der Waals surface area (Å²) in [4.78, 5) is 34.6. The van der Waals surface area contributed by atoms with Crippen molar-refractivity contribution >= 4 is 17.5 Å². The predicted octanol–water partition coefficient (Wildman–Crippen LogP) is 0.822. The van der Waals surface area contributed by atoms with Gasteiger partial charge in [0.25, 0.3) is 0 Å². The summed E-state index contributed by atoms with van der Waals surface area (Å²) in [6.45, 7) is 4.93. The minimum absolute atomic E-state index is 0.0574. The molecule has 3 aromatic heterocycles. The van der Waals surface area contributed by atoms with Gasteiger partial charge in [0.05, 0.1) is 19.1 Å². The van der Waals surface area contributed by atoms with Crippen molar-refractivity contribution in [3.8, 4) is 5.82 Å². The fraction of sp³-hybridized carbons (Fsp3) is 0.455. The summed E-state index contributed by atoms with van der Waals surface area (Å²) in [6.07, 6.45) is 8.16. The van der Waals surface area contributed by atoms with Gasteiger partial charge < -0.3 is 19.9 Å². The molecule has 0 aliphatic carbocycles. The fourth-order valence-electron chi connectivity index (χ4n) is 4.32. The van der Waals surface area contributed by atoms with Crippen molar-refractivity contribution in [1.29, 1.82) is 0 Å². The van der Waals surface area contributed by atoms with Gasteiger partial charge in [-0.15, -0.1) is 0 Å². The Morgan fingerprint density at radius 3 is 2.82 bits per heavy atom. The van der Waals surface area contributed by atoms with E-state index in [9.17, 15) is 4.79 Å². The lowest BCUT2D eigenvalue weighted by molar-refractivity contribution is -0.125. The minimum atomic E-state index is -0.105. The number of nitrogens with one attached hydrogen (secondary N) is 1. The van der Waals surface area contributed by atoms with Crippen molar-refractivity contribution in [2.45, 2.75) is 19.4 Å². The first-order valence-electron chi connectivity index (χ1n) is 11.2. The number of morpholine rings is 1. The standard InChI is InChI=1S/C22H27N9O2/c32-22(25-12-17-3-1-5-24-21(17)29-7-9-33-10-8-29)18-4-2-6-30(13-18)19-11-20(27-15-26-19)31-16-23-14-28-31/h1,3,5,11,14-16,18H,2,4,6-10,12-13H2,(H,25,32)/t18-/m1/s1. The van der Waals surface area contributed by atoms with Crippen LogP contribution in [0.15, 0.2) is 43.4 Å². The highest BCUT2D eigenvalue weighted by atomic mass is 16.5. The van der Waals surface area contributed by atoms with E-state index in [1.807, 2.05) is 18.2 Å². The first-order chi connectivity index (χ1) is 16.3. The van der Waals surface area contributed by atoms with E-state index in [1.165, 1.54) is 12.7 Å². The molecule has 2 aliphatic heterocycles. The fourth-order valence-corrected chi connectivity index (χ4v) is 4.32. The predicted molar refractivity (Wildman–Crippen MR) is 121 cm³/mol. The largest absolute Gasteiger partial charge is 0.378 e. The number of carbonyl (C=O) groups is 1. The second-order valence-electron chi connectivity index (χ2n) is 8.16. The van der Waals surface area contributed by atoms with Gasteiger partial charge >= 0.3 is 0 Å². The quantitative estimate of drug-likeness (QED) is 0.584. The number of carbonyl (C=O) groups excluding carboxylic acids is 1. The number of ether oxygens (including phenoxy) is 1. The van der Waals surface area contributed by atoms with Crippen molar-refractivity contribution < 1.29 is 9.53 Å². The van der Waals surface area contributed by atoms with Crippen molar-refractivity contribution in [3.63, 3.8) is 0 Å². The van der Waals surface area contributed by atoms with Crippen molar-refractivity contribution in [2.24, 2.45) is 5.92 Å². The Morgan fingerprint density at radius 1 is 1.09 bits per heavy atom. The summed E-state index contributed by atoms with van der Waals surface area (Å²) in [6, 6.07) is 5.81. The Kier molecular flexibility index (Phi) is 6.38. The van der Waals surface area contributed by atoms with E-state index < -0.39 is 0 Å². The molecule has 2 saturated heterocycles. The van der Waals surface area contributed by atoms with Crippen LogP contribution in [0.25, 0.3) is 5.82 Å². The molecule has 0 aromatic carbocycles. The average Bonchev–Trinajstić information content (AvgIpc) is 3.43. The average molecular weight is 450 g/mol. The summed E-state index contributed by atoms with van der Waals surface area (Å²) in [5.41, 5.74) is 1.02. The molecule has 0 saturated carbocycles. The second-order valence-corrected chi connectivity index (χ2v) is 8.16. The van der Waals surface area contributed by atoms with Gasteiger partial charge in [0.1, 0.15) is 30.6 Å². The Balaban J connectivity index is 1.22. The number of piperidine rings is 1. The molecule has 11 heteroatoms. The number of nitrogens with zero attached hydrogens (tertiary/aromatic N) is 8. The number of aromatic nitrogens is 6. The van der Waals surface area contributed by atoms with Gasteiger partial charge in [0.2, 0.25) is 5.91 Å². The van der Waals surface area contributed by atoms with Crippen LogP contribution in [0.4, 0.5) is 11.6 Å². The molecule has 0 unspecified atom stereocenters. The smallest absolute Gasteiger partial charge is 0.225 e. The molecule has 172 valence electrons. The minimum Gasteiger partial charge on any atom is -0.378 e. The van der Waals surface area contributed by atoms with Gasteiger partial charge in [0, 0.05) is 50.6 Å². The lowest BCUT2D eigenvalue weighted by Gasteiger charge is -2.33. The highest BCUT2D eigenvalue weighted by Crippen LogP contribution is 2.23. The van der Waals surface area contributed by atoms with Gasteiger partial charge in [-0.25, -0.2) is 24.6 Å². The van der Waals surface area contributed by atoms with Gasteiger partial charge in [-0.05, 0) is 18.9 Å². The molecule has 5 rings (SSSR count). The molecule has 2 fully saturated rings. The molecule has 1 atom stereocenters. The Morgan fingerprint density at radius 2 is 1.97 bits per heavy atom. The molecular formula is C22H27N9O2. The van der Waals surface area contributed by atoms with Gasteiger partial charge in [-0.3, -0.25) is 4.79 Å². The van der Waals surface area contributed by atoms with Crippen molar-refractivity contribution in [2.75, 3.05) is 49.2 Å². The summed E-state index contributed by atoms with van der Waals surface area (Å²) in [5, 5.41) is 7.26. The van der Waals surface area contributed by atoms with Crippen LogP contribution in [0.2, 0.25) is 0 Å². The van der Waals surface area contributed by atoms with E-state index in [2.05, 4.69) is 40.2 Å². The van der Waals surface area contributed by atoms with E-state index in [1.54, 1.807) is 17.2 Å². The number of hydrogen-bond donors (Lipinski definition) is 1. The number of pyridine rings is 1. The number of rotatable bonds is 6. The second kappa shape index (κ2) is 9.90. The Labute approximate surface area is 191 Å². The van der Waals surface area contributed by atoms with Crippen molar-refractivity contribution in [1.82, 2.24) is 35.0 Å². The molecule has 33 heavy (non-hydrogen) atoms. The van der Waals surface area contributed by atoms with Crippen LogP contribution in [0.3, 0.4) is 0 Å². The molecule has 1 N–H and O–H groups in total. The normalized spacial score (nSPS) is 18.8. The van der Waals surface area contributed by atoms with Crippen LogP contribution < -0.4 is 15.1 Å². The maximum Gasteiger partial charge on any atom is 0.225 e. The van der Waals surface area contributed by atoms with Crippen LogP contribution in [-0.2, 0) is 16.1 Å². The first-order valence-corrected chi connectivity index (χ1v) is 11.2. The zero-order chi connectivity index (χ0) is 22.5. The summed E-state index contributed by atoms with van der Waals surface area (Å²) in [7, 11) is 0. The van der Waals surface area contributed by atoms with Crippen LogP contribution in [0.5, 0.6) is 0 Å². The summed E-state index contributed by atoms with van der Waals surface area (Å²) >= 11 is 0. The van der Waals surface area contributed by atoms with E-state index in [0.717, 1.165) is 49.7 Å². The molecule has 0 bridgehead atoms. The monoisotopic (exact) mass is 449 g/mol. The Bertz CT molecular complexity index is 1070. The molecular weight excluding hydrogens is 422 g/mol. The SMILES string of the molecule is O=C(NCc1cccnc1N1CCOCC1)[C@@H]1CCCN(c2cc(-n3cncn3)ncn2)C1. The van der Waals surface area contributed by atoms with E-state index in [-0.39, 0.29) is 11.8 Å². The third-order valence-electron chi connectivity index (χ3n) is 6.04. The molecule has 2 aliphatic rings. The maximum atomic E-state index is 13.0. The third kappa shape index (κ3) is 4.92. The van der Waals surface area contributed by atoms with E-state index in [4.69, 9.17) is 4.74 Å². The van der Waals surface area contributed by atoms with Crippen LogP contribution in [0, 0.1) is 5.92 Å². The third-order valence-corrected chi connectivity index (χ3v) is 6.04. The van der Waals surface area contributed by atoms with Crippen LogP contribution in [-0.4, -0.2) is 75.0 Å². The summed E-state index contributed by atoms with van der Waals surface area (Å²) in [5.74, 6) is 2.31. The van der Waals surface area contributed by atoms with Gasteiger partial charge in [-0.1, -0.05) is 6.07 Å². The molecule has 11 nitrogen and oxygen atoms in total. The van der Waals surface area contributed by atoms with Crippen LogP contribution >= 0.6 is 0 Å². The molecule has 1 amide bonds. The molecule has 0 spiro atoms. The number of amides is 1. The number of anilines is 2. The molecule has 0 radical (unpaired) electrons. The lowest BCUT2D eigenvalue weighted by atomic mass is 9.97. The zero-order valence-corrected chi connectivity index (χ0v) is 18.4. The van der Waals surface area contributed by atoms with Crippen LogP contribution in [0.1, 0.15) is 18.4 Å². The molecule has 3 aromatic rings. The maximum absolute atomic E-state index is 13.0. The Hall–Kier alpha value is -3.60. The van der Waals surface area contributed by atoms with Crippen molar-refractivity contribution in [3.05, 3.63) is 48.9 Å². The van der Waals surface area contributed by atoms with Gasteiger partial charge in [0.15, 0.2) is 5.82 Å². The van der Waals surface area contributed by atoms with E-state index in [0.29, 0.717) is 32.1 Å². The van der Waals surface area contributed by atoms with E-state index >= 15 is 0 Å². The molecule has 5 heterocycles. The number of hydrogen-bond acceptors (Lipinski definition) is 9. The summed E-state index contributed by atoms with van der Waals surface area (Å²) < 4.78 is 7.05.